The van der Waals surface area contributed by atoms with Crippen molar-refractivity contribution in [2.75, 3.05) is 12.4 Å². The number of anilines is 1. The molecule has 7 nitrogen and oxygen atoms in total. The van der Waals surface area contributed by atoms with Crippen LogP contribution < -0.4 is 15.4 Å². The van der Waals surface area contributed by atoms with E-state index in [4.69, 9.17) is 21.4 Å². The summed E-state index contributed by atoms with van der Waals surface area (Å²) in [5, 5.41) is 18.1. The van der Waals surface area contributed by atoms with Gasteiger partial charge in [0.15, 0.2) is 10.7 Å². The molecule has 0 spiro atoms. The molecule has 1 amide bonds. The molecule has 0 aliphatic heterocycles. The second-order valence-electron chi connectivity index (χ2n) is 8.12. The molecule has 0 fully saturated rings. The van der Waals surface area contributed by atoms with Crippen molar-refractivity contribution in [2.24, 2.45) is 0 Å². The molecule has 180 valence electrons. The molecular formula is C27H20BrN3O4S. The number of amides is 1. The Hall–Kier alpha value is -3.95. The first-order chi connectivity index (χ1) is 17.3. The number of nitrogens with zero attached hydrogens (tertiary/aromatic N) is 1. The summed E-state index contributed by atoms with van der Waals surface area (Å²) in [6.07, 6.45) is 0. The van der Waals surface area contributed by atoms with E-state index in [1.165, 1.54) is 13.2 Å². The number of oxazole rings is 1. The van der Waals surface area contributed by atoms with Crippen LogP contribution in [0.15, 0.2) is 75.6 Å². The van der Waals surface area contributed by atoms with Gasteiger partial charge in [-0.2, -0.15) is 0 Å². The Bertz CT molecular complexity index is 1660. The number of nitrogens with one attached hydrogen (secondary N) is 2. The van der Waals surface area contributed by atoms with E-state index >= 15 is 0 Å². The Morgan fingerprint density at radius 1 is 1.11 bits per heavy atom. The number of rotatable bonds is 4. The van der Waals surface area contributed by atoms with Crippen molar-refractivity contribution in [2.45, 2.75) is 6.92 Å². The highest BCUT2D eigenvalue weighted by molar-refractivity contribution is 9.10. The number of carbonyl (C=O) groups excluding carboxylic acids is 1. The molecule has 0 saturated heterocycles. The number of methoxy groups -OCH3 is 1. The number of halogens is 1. The summed E-state index contributed by atoms with van der Waals surface area (Å²) in [5.74, 6) is 0.241. The third-order valence-corrected chi connectivity index (χ3v) is 6.64. The molecule has 5 rings (SSSR count). The van der Waals surface area contributed by atoms with Gasteiger partial charge in [0.25, 0.3) is 5.91 Å². The lowest BCUT2D eigenvalue weighted by atomic mass is 10.1. The molecule has 0 bridgehead atoms. The number of thiocarbonyl (C=S) groups is 1. The molecule has 0 atom stereocenters. The van der Waals surface area contributed by atoms with Gasteiger partial charge in [-0.05, 0) is 81.7 Å². The number of hydrogen-bond donors (Lipinski definition) is 3. The van der Waals surface area contributed by atoms with Crippen molar-refractivity contribution in [3.63, 3.8) is 0 Å². The van der Waals surface area contributed by atoms with Gasteiger partial charge in [-0.1, -0.05) is 30.3 Å². The number of carbonyl (C=O) groups is 1. The first-order valence-corrected chi connectivity index (χ1v) is 12.1. The van der Waals surface area contributed by atoms with E-state index in [1.807, 2.05) is 49.4 Å². The zero-order valence-electron chi connectivity index (χ0n) is 19.3. The minimum absolute atomic E-state index is 0.0440. The number of ether oxygens (including phenoxy) is 1. The van der Waals surface area contributed by atoms with Crippen molar-refractivity contribution < 1.29 is 19.1 Å². The molecule has 0 aliphatic rings. The van der Waals surface area contributed by atoms with Crippen molar-refractivity contribution in [1.29, 1.82) is 0 Å². The highest BCUT2D eigenvalue weighted by Gasteiger charge is 2.19. The number of phenols is 1. The minimum atomic E-state index is -0.432. The largest absolute Gasteiger partial charge is 0.507 e. The van der Waals surface area contributed by atoms with Gasteiger partial charge in [0.2, 0.25) is 5.89 Å². The summed E-state index contributed by atoms with van der Waals surface area (Å²) in [7, 11) is 1.50. The van der Waals surface area contributed by atoms with E-state index in [0.717, 1.165) is 16.3 Å². The van der Waals surface area contributed by atoms with E-state index in [-0.39, 0.29) is 10.9 Å². The lowest BCUT2D eigenvalue weighted by molar-refractivity contribution is 0.0975. The fourth-order valence-corrected chi connectivity index (χ4v) is 4.88. The SMILES string of the molecule is COc1c(C(=O)NC(=S)Nc2ccc(-c3nc4cc(C)ccc4o3)c(O)c2)cc2ccccc2c1Br. The summed E-state index contributed by atoms with van der Waals surface area (Å²) in [6, 6.07) is 20.0. The van der Waals surface area contributed by atoms with E-state index in [1.54, 1.807) is 18.2 Å². The number of aromatic hydroxyl groups is 1. The molecule has 0 radical (unpaired) electrons. The fourth-order valence-electron chi connectivity index (χ4n) is 3.93. The lowest BCUT2D eigenvalue weighted by Crippen LogP contribution is -2.34. The van der Waals surface area contributed by atoms with Gasteiger partial charge < -0.3 is 19.6 Å². The van der Waals surface area contributed by atoms with Gasteiger partial charge in [0, 0.05) is 11.8 Å². The molecule has 9 heteroatoms. The van der Waals surface area contributed by atoms with E-state index in [2.05, 4.69) is 31.5 Å². The number of benzene rings is 4. The number of aromatic nitrogens is 1. The maximum absolute atomic E-state index is 13.0. The molecule has 3 N–H and O–H groups in total. The molecule has 5 aromatic rings. The third kappa shape index (κ3) is 4.50. The highest BCUT2D eigenvalue weighted by atomic mass is 79.9. The topological polar surface area (TPSA) is 96.6 Å². The van der Waals surface area contributed by atoms with Gasteiger partial charge >= 0.3 is 0 Å². The summed E-state index contributed by atoms with van der Waals surface area (Å²) in [5.41, 5.74) is 3.67. The van der Waals surface area contributed by atoms with Crippen LogP contribution in [0.25, 0.3) is 33.3 Å². The van der Waals surface area contributed by atoms with Crippen LogP contribution in [0.4, 0.5) is 5.69 Å². The molecule has 0 unspecified atom stereocenters. The van der Waals surface area contributed by atoms with Gasteiger partial charge in [0.1, 0.15) is 17.0 Å². The second kappa shape index (κ2) is 9.60. The van der Waals surface area contributed by atoms with Crippen LogP contribution in [-0.4, -0.2) is 28.2 Å². The van der Waals surface area contributed by atoms with Crippen LogP contribution in [0.1, 0.15) is 15.9 Å². The highest BCUT2D eigenvalue weighted by Crippen LogP contribution is 2.37. The lowest BCUT2D eigenvalue weighted by Gasteiger charge is -2.15. The molecule has 1 heterocycles. The van der Waals surface area contributed by atoms with Crippen LogP contribution in [-0.2, 0) is 0 Å². The maximum atomic E-state index is 13.0. The Kier molecular flexibility index (Phi) is 6.34. The van der Waals surface area contributed by atoms with Gasteiger partial charge in [0.05, 0.1) is 22.7 Å². The fraction of sp³-hybridized carbons (Fsp3) is 0.0741. The van der Waals surface area contributed by atoms with Gasteiger partial charge in [-0.3, -0.25) is 10.1 Å². The molecular weight excluding hydrogens is 542 g/mol. The zero-order valence-corrected chi connectivity index (χ0v) is 21.7. The molecule has 1 aromatic heterocycles. The monoisotopic (exact) mass is 561 g/mol. The second-order valence-corrected chi connectivity index (χ2v) is 9.32. The van der Waals surface area contributed by atoms with Crippen LogP contribution in [0.3, 0.4) is 0 Å². The average Bonchev–Trinajstić information content (AvgIpc) is 3.26. The minimum Gasteiger partial charge on any atom is -0.507 e. The Morgan fingerprint density at radius 3 is 2.69 bits per heavy atom. The van der Waals surface area contributed by atoms with Crippen LogP contribution >= 0.6 is 28.1 Å². The van der Waals surface area contributed by atoms with Crippen molar-refractivity contribution in [3.8, 4) is 23.0 Å². The summed E-state index contributed by atoms with van der Waals surface area (Å²) in [4.78, 5) is 17.5. The predicted octanol–water partition coefficient (Wildman–Crippen LogP) is 6.56. The zero-order chi connectivity index (χ0) is 25.4. The van der Waals surface area contributed by atoms with Crippen molar-refractivity contribution in [1.82, 2.24) is 10.3 Å². The molecule has 0 aliphatic carbocycles. The Balaban J connectivity index is 1.34. The smallest absolute Gasteiger partial charge is 0.261 e. The van der Waals surface area contributed by atoms with Crippen LogP contribution in [0.2, 0.25) is 0 Å². The van der Waals surface area contributed by atoms with Gasteiger partial charge in [-0.15, -0.1) is 0 Å². The van der Waals surface area contributed by atoms with Crippen molar-refractivity contribution >= 4 is 66.7 Å². The normalized spacial score (nSPS) is 11.0. The van der Waals surface area contributed by atoms with E-state index in [9.17, 15) is 9.90 Å². The molecule has 4 aromatic carbocycles. The number of aryl methyl sites for hydroxylation is 1. The summed E-state index contributed by atoms with van der Waals surface area (Å²) in [6.45, 7) is 1.97. The van der Waals surface area contributed by atoms with E-state index in [0.29, 0.717) is 44.0 Å². The Morgan fingerprint density at radius 2 is 1.92 bits per heavy atom. The van der Waals surface area contributed by atoms with Crippen molar-refractivity contribution in [3.05, 3.63) is 82.3 Å². The first kappa shape index (κ1) is 23.8. The summed E-state index contributed by atoms with van der Waals surface area (Å²) >= 11 is 8.87. The molecule has 0 saturated carbocycles. The Labute approximate surface area is 220 Å². The standard InChI is InChI=1S/C27H20BrN3O4S/c1-14-7-10-22-20(11-14)30-26(35-22)18-9-8-16(13-21(18)32)29-27(36)31-25(33)19-12-15-5-3-4-6-17(15)23(28)24(19)34-2/h3-13,32H,1-2H3,(H2,29,31,33,36). The van der Waals surface area contributed by atoms with Crippen LogP contribution in [0.5, 0.6) is 11.5 Å². The summed E-state index contributed by atoms with van der Waals surface area (Å²) < 4.78 is 12.0. The third-order valence-electron chi connectivity index (χ3n) is 5.65. The quantitative estimate of drug-likeness (QED) is 0.214. The number of fused-ring (bicyclic) bond motifs is 2. The van der Waals surface area contributed by atoms with Gasteiger partial charge in [-0.25, -0.2) is 4.98 Å². The maximum Gasteiger partial charge on any atom is 0.261 e. The molecule has 36 heavy (non-hydrogen) atoms. The van der Waals surface area contributed by atoms with Crippen LogP contribution in [0, 0.1) is 6.92 Å². The first-order valence-electron chi connectivity index (χ1n) is 10.9. The predicted molar refractivity (Wildman–Crippen MR) is 148 cm³/mol. The number of phenolic OH excluding ortho intramolecular Hbond substituents is 1. The number of hydrogen-bond acceptors (Lipinski definition) is 6. The van der Waals surface area contributed by atoms with E-state index < -0.39 is 5.91 Å². The average molecular weight is 562 g/mol.